The standard InChI is InChI=1S/C39H44N2O8/c1-39(2,3)49-34(42)23-48-27-13-10-24(11-14-27)20-31(38(44)45)40-37(43)26-12-16-29-32(21-26)41-18-19-47-33-22-28(46-4)15-17-30(33)36(41)35(29)25-8-6-5-7-9-25/h10-17,21-22,25,31H,5-9,18-20,23H2,1-4H3,(H,40,43)(H,44,45)/t31-/m0/s1. The van der Waals surface area contributed by atoms with Gasteiger partial charge in [-0.05, 0) is 87.1 Å². The van der Waals surface area contributed by atoms with Crippen molar-refractivity contribution in [2.24, 2.45) is 0 Å². The van der Waals surface area contributed by atoms with Crippen LogP contribution in [0.2, 0.25) is 0 Å². The predicted octanol–water partition coefficient (Wildman–Crippen LogP) is 6.90. The fraction of sp³-hybridized carbons (Fsp3) is 0.410. The van der Waals surface area contributed by atoms with Crippen molar-refractivity contribution in [2.75, 3.05) is 20.3 Å². The summed E-state index contributed by atoms with van der Waals surface area (Å²) in [5.41, 5.74) is 4.83. The van der Waals surface area contributed by atoms with E-state index in [-0.39, 0.29) is 13.0 Å². The number of carbonyl (C=O) groups excluding carboxylic acids is 2. The highest BCUT2D eigenvalue weighted by Crippen LogP contribution is 2.47. The highest BCUT2D eigenvalue weighted by Gasteiger charge is 2.30. The van der Waals surface area contributed by atoms with Crippen molar-refractivity contribution in [3.8, 4) is 28.5 Å². The number of ether oxygens (including phenoxy) is 4. The molecule has 2 aliphatic rings. The quantitative estimate of drug-likeness (QED) is 0.175. The molecule has 0 unspecified atom stereocenters. The Morgan fingerprint density at radius 3 is 2.41 bits per heavy atom. The molecule has 0 bridgehead atoms. The molecule has 6 rings (SSSR count). The van der Waals surface area contributed by atoms with E-state index in [9.17, 15) is 19.5 Å². The number of hydrogen-bond acceptors (Lipinski definition) is 7. The lowest BCUT2D eigenvalue weighted by Gasteiger charge is -2.23. The van der Waals surface area contributed by atoms with Gasteiger partial charge in [-0.2, -0.15) is 0 Å². The van der Waals surface area contributed by atoms with Gasteiger partial charge in [-0.1, -0.05) is 37.5 Å². The minimum atomic E-state index is -1.16. The fourth-order valence-electron chi connectivity index (χ4n) is 6.95. The summed E-state index contributed by atoms with van der Waals surface area (Å²) in [6, 6.07) is 17.2. The zero-order valence-electron chi connectivity index (χ0n) is 28.5. The second-order valence-corrected chi connectivity index (χ2v) is 13.8. The normalized spacial score (nSPS) is 15.3. The number of benzene rings is 3. The van der Waals surface area contributed by atoms with Crippen LogP contribution >= 0.6 is 0 Å². The Labute approximate surface area is 286 Å². The van der Waals surface area contributed by atoms with Crippen LogP contribution in [-0.4, -0.2) is 59.5 Å². The number of amides is 1. The maximum Gasteiger partial charge on any atom is 0.344 e. The van der Waals surface area contributed by atoms with E-state index >= 15 is 0 Å². The SMILES string of the molecule is COc1ccc2c(c1)OCCn1c-2c(C2CCCCC2)c2ccc(C(=O)N[C@@H](Cc3ccc(OCC(=O)OC(C)(C)C)cc3)C(=O)O)cc21. The van der Waals surface area contributed by atoms with Crippen molar-refractivity contribution in [1.82, 2.24) is 9.88 Å². The third-order valence-electron chi connectivity index (χ3n) is 9.14. The first-order chi connectivity index (χ1) is 23.5. The molecule has 1 atom stereocenters. The summed E-state index contributed by atoms with van der Waals surface area (Å²) < 4.78 is 24.7. The summed E-state index contributed by atoms with van der Waals surface area (Å²) >= 11 is 0. The van der Waals surface area contributed by atoms with Gasteiger partial charge in [-0.15, -0.1) is 0 Å². The van der Waals surface area contributed by atoms with Crippen molar-refractivity contribution < 1.29 is 38.4 Å². The number of fused-ring (bicyclic) bond motifs is 5. The second-order valence-electron chi connectivity index (χ2n) is 13.8. The summed E-state index contributed by atoms with van der Waals surface area (Å²) in [6.45, 7) is 6.18. The molecule has 4 aromatic rings. The number of hydrogen-bond donors (Lipinski definition) is 2. The summed E-state index contributed by atoms with van der Waals surface area (Å²) in [5, 5.41) is 13.9. The Bertz CT molecular complexity index is 1850. The molecular weight excluding hydrogens is 624 g/mol. The Kier molecular flexibility index (Phi) is 9.85. The number of esters is 1. The Morgan fingerprint density at radius 2 is 1.71 bits per heavy atom. The van der Waals surface area contributed by atoms with Gasteiger partial charge in [-0.25, -0.2) is 9.59 Å². The maximum atomic E-state index is 13.6. The Hall–Kier alpha value is -4.99. The second kappa shape index (κ2) is 14.2. The van der Waals surface area contributed by atoms with Gasteiger partial charge in [0.2, 0.25) is 0 Å². The van der Waals surface area contributed by atoms with Crippen LogP contribution in [0.15, 0.2) is 60.7 Å². The van der Waals surface area contributed by atoms with E-state index in [1.165, 1.54) is 24.8 Å². The lowest BCUT2D eigenvalue weighted by atomic mass is 9.81. The third-order valence-corrected chi connectivity index (χ3v) is 9.14. The van der Waals surface area contributed by atoms with Gasteiger partial charge in [0.15, 0.2) is 6.61 Å². The number of nitrogens with one attached hydrogen (secondary N) is 1. The monoisotopic (exact) mass is 668 g/mol. The van der Waals surface area contributed by atoms with Gasteiger partial charge < -0.3 is 33.9 Å². The molecule has 3 aromatic carbocycles. The first kappa shape index (κ1) is 33.9. The van der Waals surface area contributed by atoms with E-state index in [2.05, 4.69) is 16.0 Å². The highest BCUT2D eigenvalue weighted by molar-refractivity contribution is 6.02. The van der Waals surface area contributed by atoms with Gasteiger partial charge >= 0.3 is 11.9 Å². The van der Waals surface area contributed by atoms with E-state index in [4.69, 9.17) is 18.9 Å². The molecule has 1 aliphatic carbocycles. The number of aromatic nitrogens is 1. The van der Waals surface area contributed by atoms with E-state index < -0.39 is 29.5 Å². The Morgan fingerprint density at radius 1 is 0.980 bits per heavy atom. The zero-order chi connectivity index (χ0) is 34.7. The van der Waals surface area contributed by atoms with Gasteiger partial charge in [-0.3, -0.25) is 4.79 Å². The summed E-state index contributed by atoms with van der Waals surface area (Å²) in [7, 11) is 1.64. The molecule has 1 aliphatic heterocycles. The molecule has 0 radical (unpaired) electrons. The zero-order valence-corrected chi connectivity index (χ0v) is 28.5. The van der Waals surface area contributed by atoms with Crippen molar-refractivity contribution in [3.63, 3.8) is 0 Å². The molecule has 258 valence electrons. The highest BCUT2D eigenvalue weighted by atomic mass is 16.6. The number of rotatable bonds is 10. The molecule has 0 spiro atoms. The average molecular weight is 669 g/mol. The first-order valence-electron chi connectivity index (χ1n) is 17.0. The van der Waals surface area contributed by atoms with E-state index in [1.54, 1.807) is 58.2 Å². The smallest absolute Gasteiger partial charge is 0.344 e. The van der Waals surface area contributed by atoms with Gasteiger partial charge in [0, 0.05) is 34.5 Å². The molecule has 10 nitrogen and oxygen atoms in total. The number of nitrogens with zero attached hydrogens (tertiary/aromatic N) is 1. The molecule has 1 fully saturated rings. The number of aliphatic carboxylic acids is 1. The number of methoxy groups -OCH3 is 1. The average Bonchev–Trinajstić information content (AvgIpc) is 3.28. The molecule has 1 aromatic heterocycles. The third kappa shape index (κ3) is 7.69. The molecule has 49 heavy (non-hydrogen) atoms. The molecule has 2 heterocycles. The van der Waals surface area contributed by atoms with Crippen molar-refractivity contribution >= 4 is 28.7 Å². The summed E-state index contributed by atoms with van der Waals surface area (Å²) in [6.07, 6.45) is 5.89. The minimum absolute atomic E-state index is 0.0690. The molecule has 1 amide bonds. The van der Waals surface area contributed by atoms with Crippen LogP contribution in [0.1, 0.15) is 80.3 Å². The van der Waals surface area contributed by atoms with E-state index in [0.29, 0.717) is 35.9 Å². The minimum Gasteiger partial charge on any atom is -0.497 e. The van der Waals surface area contributed by atoms with Crippen LogP contribution in [0, 0.1) is 0 Å². The van der Waals surface area contributed by atoms with E-state index in [1.807, 2.05) is 24.3 Å². The van der Waals surface area contributed by atoms with Gasteiger partial charge in [0.05, 0.1) is 19.3 Å². The first-order valence-corrected chi connectivity index (χ1v) is 17.0. The number of carboxylic acids is 1. The largest absolute Gasteiger partial charge is 0.497 e. The van der Waals surface area contributed by atoms with Gasteiger partial charge in [0.25, 0.3) is 5.91 Å². The molecule has 1 saturated carbocycles. The molecule has 2 N–H and O–H groups in total. The topological polar surface area (TPSA) is 125 Å². The molecular formula is C39H44N2O8. The Balaban J connectivity index is 1.24. The summed E-state index contributed by atoms with van der Waals surface area (Å²) in [5.74, 6) is 0.274. The number of carboxylic acid groups (broad SMARTS) is 1. The van der Waals surface area contributed by atoms with Crippen LogP contribution in [-0.2, 0) is 27.3 Å². The van der Waals surface area contributed by atoms with Crippen LogP contribution in [0.4, 0.5) is 0 Å². The number of carbonyl (C=O) groups is 3. The van der Waals surface area contributed by atoms with Crippen LogP contribution in [0.3, 0.4) is 0 Å². The maximum absolute atomic E-state index is 13.6. The van der Waals surface area contributed by atoms with Crippen LogP contribution in [0.5, 0.6) is 17.2 Å². The van der Waals surface area contributed by atoms with Crippen molar-refractivity contribution in [3.05, 3.63) is 77.4 Å². The van der Waals surface area contributed by atoms with Crippen LogP contribution in [0.25, 0.3) is 22.2 Å². The lowest BCUT2D eigenvalue weighted by molar-refractivity contribution is -0.157. The fourth-order valence-corrected chi connectivity index (χ4v) is 6.95. The van der Waals surface area contributed by atoms with Crippen molar-refractivity contribution in [1.29, 1.82) is 0 Å². The van der Waals surface area contributed by atoms with E-state index in [0.717, 1.165) is 46.5 Å². The van der Waals surface area contributed by atoms with Crippen LogP contribution < -0.4 is 19.5 Å². The lowest BCUT2D eigenvalue weighted by Crippen LogP contribution is -2.42. The van der Waals surface area contributed by atoms with Gasteiger partial charge in [0.1, 0.15) is 35.5 Å². The predicted molar refractivity (Wildman–Crippen MR) is 186 cm³/mol. The van der Waals surface area contributed by atoms with Crippen molar-refractivity contribution in [2.45, 2.75) is 83.4 Å². The molecule has 0 saturated heterocycles. The molecule has 10 heteroatoms. The summed E-state index contributed by atoms with van der Waals surface area (Å²) in [4.78, 5) is 37.9.